The van der Waals surface area contributed by atoms with Crippen molar-refractivity contribution >= 4 is 17.2 Å². The number of hydrogen-bond donors (Lipinski definition) is 3. The normalized spacial score (nSPS) is 10.9. The molecule has 0 aliphatic carbocycles. The Kier molecular flexibility index (Phi) is 7.80. The van der Waals surface area contributed by atoms with Gasteiger partial charge >= 0.3 is 0 Å². The number of thiazole rings is 1. The molecule has 4 rings (SSSR count). The zero-order valence-corrected chi connectivity index (χ0v) is 20.9. The Morgan fingerprint density at radius 2 is 1.40 bits per heavy atom. The molecule has 1 heterocycles. The Labute approximate surface area is 209 Å². The molecular formula is C28H29N3O3S. The van der Waals surface area contributed by atoms with Crippen LogP contribution in [-0.2, 0) is 13.2 Å². The lowest BCUT2D eigenvalue weighted by Crippen LogP contribution is -2.18. The Morgan fingerprint density at radius 3 is 1.89 bits per heavy atom. The molecule has 3 N–H and O–H groups in total. The van der Waals surface area contributed by atoms with Crippen molar-refractivity contribution in [2.45, 2.75) is 39.9 Å². The third-order valence-corrected chi connectivity index (χ3v) is 6.77. The van der Waals surface area contributed by atoms with Crippen molar-refractivity contribution in [3.63, 3.8) is 0 Å². The van der Waals surface area contributed by atoms with Gasteiger partial charge in [0.1, 0.15) is 30.5 Å². The van der Waals surface area contributed by atoms with Crippen LogP contribution >= 0.6 is 11.3 Å². The summed E-state index contributed by atoms with van der Waals surface area (Å²) in [5.41, 5.74) is 6.73. The molecule has 0 unspecified atom stereocenters. The van der Waals surface area contributed by atoms with E-state index in [1.807, 2.05) is 41.9 Å². The van der Waals surface area contributed by atoms with Crippen LogP contribution in [0.5, 0.6) is 11.5 Å². The van der Waals surface area contributed by atoms with Crippen LogP contribution < -0.4 is 15.0 Å². The molecule has 0 aliphatic rings. The molecule has 1 aromatic heterocycles. The standard InChI is InChI=1S/C28H29N3O3S/c1-18(2)27-26(30-19(3)35-27)22-8-12-24(13-9-22)33-16-20-4-6-21(7-5-20)17-34-25-14-10-23(11-15-25)28(29)31-32/h4-15,18,32H,16-17H2,1-3H3,(H2,29,31). The highest BCUT2D eigenvalue weighted by Gasteiger charge is 2.14. The van der Waals surface area contributed by atoms with Gasteiger partial charge < -0.3 is 9.47 Å². The fourth-order valence-corrected chi connectivity index (χ4v) is 4.55. The molecule has 6 nitrogen and oxygen atoms in total. The highest BCUT2D eigenvalue weighted by Crippen LogP contribution is 2.34. The minimum Gasteiger partial charge on any atom is -0.489 e. The summed E-state index contributed by atoms with van der Waals surface area (Å²) >= 11 is 1.76. The van der Waals surface area contributed by atoms with Gasteiger partial charge in [-0.05, 0) is 72.5 Å². The van der Waals surface area contributed by atoms with Gasteiger partial charge in [-0.1, -0.05) is 38.1 Å². The second-order valence-electron chi connectivity index (χ2n) is 8.53. The number of hydroxylamine groups is 1. The Hall–Kier alpha value is -3.68. The summed E-state index contributed by atoms with van der Waals surface area (Å²) in [4.78, 5) is 6.05. The van der Waals surface area contributed by atoms with Crippen molar-refractivity contribution in [3.05, 3.63) is 99.4 Å². The van der Waals surface area contributed by atoms with Gasteiger partial charge in [0.25, 0.3) is 0 Å². The summed E-state index contributed by atoms with van der Waals surface area (Å²) in [7, 11) is 0. The number of amidine groups is 1. The summed E-state index contributed by atoms with van der Waals surface area (Å²) in [5, 5.41) is 17.4. The average Bonchev–Trinajstić information content (AvgIpc) is 3.29. The minimum absolute atomic E-state index is 0.0554. The zero-order chi connectivity index (χ0) is 24.8. The van der Waals surface area contributed by atoms with Crippen LogP contribution in [0.1, 0.15) is 46.3 Å². The maximum absolute atomic E-state index is 8.80. The molecule has 180 valence electrons. The second-order valence-corrected chi connectivity index (χ2v) is 9.76. The van der Waals surface area contributed by atoms with E-state index in [9.17, 15) is 0 Å². The fourth-order valence-electron chi connectivity index (χ4n) is 3.60. The van der Waals surface area contributed by atoms with Crippen molar-refractivity contribution in [2.75, 3.05) is 0 Å². The molecule has 0 fully saturated rings. The van der Waals surface area contributed by atoms with Crippen LogP contribution in [-0.4, -0.2) is 16.0 Å². The lowest BCUT2D eigenvalue weighted by Gasteiger charge is -2.10. The lowest BCUT2D eigenvalue weighted by molar-refractivity contribution is 0.234. The second kappa shape index (κ2) is 11.2. The Morgan fingerprint density at radius 1 is 0.886 bits per heavy atom. The molecule has 4 aromatic rings. The van der Waals surface area contributed by atoms with E-state index < -0.39 is 0 Å². The maximum Gasteiger partial charge on any atom is 0.149 e. The highest BCUT2D eigenvalue weighted by molar-refractivity contribution is 7.12. The van der Waals surface area contributed by atoms with E-state index >= 15 is 0 Å². The number of hydrogen-bond acceptors (Lipinski definition) is 6. The summed E-state index contributed by atoms with van der Waals surface area (Å²) in [5.74, 6) is 1.92. The summed E-state index contributed by atoms with van der Waals surface area (Å²) in [6, 6.07) is 23.3. The van der Waals surface area contributed by atoms with Crippen LogP contribution in [0.2, 0.25) is 0 Å². The third-order valence-electron chi connectivity index (χ3n) is 5.50. The average molecular weight is 488 g/mol. The van der Waals surface area contributed by atoms with E-state index in [1.165, 1.54) is 4.88 Å². The Balaban J connectivity index is 1.29. The molecule has 0 spiro atoms. The third kappa shape index (κ3) is 6.26. The first-order valence-electron chi connectivity index (χ1n) is 11.4. The predicted octanol–water partition coefficient (Wildman–Crippen LogP) is 6.70. The van der Waals surface area contributed by atoms with E-state index in [4.69, 9.17) is 25.1 Å². The minimum atomic E-state index is -0.0554. The monoisotopic (exact) mass is 487 g/mol. The number of nitrogens with one attached hydrogen (secondary N) is 2. The molecule has 0 saturated carbocycles. The lowest BCUT2D eigenvalue weighted by atomic mass is 10.1. The topological polar surface area (TPSA) is 87.5 Å². The van der Waals surface area contributed by atoms with Crippen molar-refractivity contribution in [3.8, 4) is 22.8 Å². The molecule has 7 heteroatoms. The van der Waals surface area contributed by atoms with Gasteiger partial charge in [-0.25, -0.2) is 4.98 Å². The highest BCUT2D eigenvalue weighted by atomic mass is 32.1. The van der Waals surface area contributed by atoms with Gasteiger partial charge in [0, 0.05) is 16.0 Å². The van der Waals surface area contributed by atoms with Gasteiger partial charge in [0.2, 0.25) is 0 Å². The first-order chi connectivity index (χ1) is 16.9. The molecule has 3 aromatic carbocycles. The smallest absolute Gasteiger partial charge is 0.149 e. The van der Waals surface area contributed by atoms with Crippen molar-refractivity contribution in [1.82, 2.24) is 10.5 Å². The first-order valence-corrected chi connectivity index (χ1v) is 12.2. The van der Waals surface area contributed by atoms with Crippen LogP contribution in [0, 0.1) is 12.3 Å². The van der Waals surface area contributed by atoms with E-state index in [0.29, 0.717) is 30.4 Å². The van der Waals surface area contributed by atoms with Crippen LogP contribution in [0.15, 0.2) is 72.8 Å². The summed E-state index contributed by atoms with van der Waals surface area (Å²) < 4.78 is 11.8. The molecular weight excluding hydrogens is 458 g/mol. The van der Waals surface area contributed by atoms with Crippen molar-refractivity contribution in [1.29, 1.82) is 5.41 Å². The van der Waals surface area contributed by atoms with Crippen LogP contribution in [0.4, 0.5) is 0 Å². The number of ether oxygens (including phenoxy) is 2. The number of benzene rings is 3. The van der Waals surface area contributed by atoms with E-state index in [-0.39, 0.29) is 5.84 Å². The Bertz CT molecular complexity index is 1260. The van der Waals surface area contributed by atoms with Gasteiger partial charge in [0.05, 0.1) is 10.7 Å². The van der Waals surface area contributed by atoms with Gasteiger partial charge in [-0.3, -0.25) is 16.1 Å². The molecule has 0 radical (unpaired) electrons. The van der Waals surface area contributed by atoms with E-state index in [1.54, 1.807) is 35.6 Å². The number of rotatable bonds is 9. The van der Waals surface area contributed by atoms with Gasteiger partial charge in [0.15, 0.2) is 0 Å². The molecule has 0 atom stereocenters. The molecule has 0 bridgehead atoms. The predicted molar refractivity (Wildman–Crippen MR) is 140 cm³/mol. The number of aryl methyl sites for hydroxylation is 1. The van der Waals surface area contributed by atoms with Gasteiger partial charge in [-0.2, -0.15) is 0 Å². The zero-order valence-electron chi connectivity index (χ0n) is 20.0. The SMILES string of the molecule is Cc1nc(-c2ccc(OCc3ccc(COc4ccc(C(=N)NO)cc4)cc3)cc2)c(C(C)C)s1. The van der Waals surface area contributed by atoms with Crippen LogP contribution in [0.25, 0.3) is 11.3 Å². The quantitative estimate of drug-likeness (QED) is 0.139. The largest absolute Gasteiger partial charge is 0.489 e. The van der Waals surface area contributed by atoms with Crippen molar-refractivity contribution in [2.24, 2.45) is 0 Å². The first kappa shape index (κ1) is 24.4. The van der Waals surface area contributed by atoms with E-state index in [2.05, 4.69) is 32.9 Å². The van der Waals surface area contributed by atoms with Gasteiger partial charge in [-0.15, -0.1) is 11.3 Å². The molecule has 0 saturated heterocycles. The molecule has 35 heavy (non-hydrogen) atoms. The fraction of sp³-hybridized carbons (Fsp3) is 0.214. The van der Waals surface area contributed by atoms with Crippen molar-refractivity contribution < 1.29 is 14.7 Å². The maximum atomic E-state index is 8.80. The molecule has 0 amide bonds. The van der Waals surface area contributed by atoms with E-state index in [0.717, 1.165) is 33.1 Å². The summed E-state index contributed by atoms with van der Waals surface area (Å²) in [6.07, 6.45) is 0. The van der Waals surface area contributed by atoms with Crippen LogP contribution in [0.3, 0.4) is 0 Å². The number of nitrogens with zero attached hydrogens (tertiary/aromatic N) is 1. The molecule has 0 aliphatic heterocycles. The number of aromatic nitrogens is 1. The summed E-state index contributed by atoms with van der Waals surface area (Å²) in [6.45, 7) is 7.38.